The Bertz CT molecular complexity index is 3070. The van der Waals surface area contributed by atoms with Crippen LogP contribution in [0.1, 0.15) is 0 Å². The zero-order valence-electron chi connectivity index (χ0n) is 31.7. The number of methoxy groups -OCH3 is 1. The van der Waals surface area contributed by atoms with Gasteiger partial charge in [-0.05, 0) is 82.9 Å². The van der Waals surface area contributed by atoms with E-state index in [0.717, 1.165) is 24.3 Å². The Morgan fingerprint density at radius 3 is 1.69 bits per heavy atom. The Hall–Kier alpha value is -3.24. The van der Waals surface area contributed by atoms with Crippen molar-refractivity contribution in [3.05, 3.63) is 91.0 Å². The van der Waals surface area contributed by atoms with Crippen LogP contribution in [-0.2, 0) is 47.4 Å². The van der Waals surface area contributed by atoms with Gasteiger partial charge in [-0.2, -0.15) is 5.11 Å². The molecule has 1 radical (unpaired) electrons. The van der Waals surface area contributed by atoms with Crippen LogP contribution < -0.4 is 114 Å². The summed E-state index contributed by atoms with van der Waals surface area (Å²) in [5.74, 6) is -2.52. The third-order valence-corrected chi connectivity index (χ3v) is 10.5. The van der Waals surface area contributed by atoms with Crippen molar-refractivity contribution >= 4 is 92.1 Å². The summed E-state index contributed by atoms with van der Waals surface area (Å²) in [4.78, 5) is 10.0. The van der Waals surface area contributed by atoms with Crippen LogP contribution in [0.4, 0.5) is 38.9 Å². The summed E-state index contributed by atoms with van der Waals surface area (Å²) in [5.41, 5.74) is -2.23. The standard InChI is InChI=1S/C34H26N6O14S3.Cu.3Na/c1-54-27-5-3-2-4-24(27)37-39-30-28(56(48,49)50)14-17-12-19(6-9-22(17)32(30)42)35-34(44)36-20-7-10-23-18(13-20)15-29(57(51,52)53)31(33(23)43)40-38-25-16-21(55(45,46)47)8-11-26(25)41;;;;/h2-16,41-43H,1H3,(H2,35,36,44)(H,45,46,47)(H,48,49,50)(H,51,52,53);;;;/q;+2;3*+1/p-5. The number of carbonyl (C=O) groups is 1. The van der Waals surface area contributed by atoms with E-state index in [1.165, 1.54) is 37.4 Å². The largest absolute Gasteiger partial charge is 2.00 e. The van der Waals surface area contributed by atoms with Gasteiger partial charge in [0.15, 0.2) is 5.75 Å². The van der Waals surface area contributed by atoms with E-state index in [1.54, 1.807) is 18.2 Å². The molecular formula is C34H21CuN6Na3O14S3. The molecule has 0 aliphatic rings. The maximum absolute atomic E-state index is 13.3. The quantitative estimate of drug-likeness (QED) is 0.0671. The van der Waals surface area contributed by atoms with Crippen molar-refractivity contribution in [1.29, 1.82) is 0 Å². The monoisotopic (exact) mass is 965 g/mol. The van der Waals surface area contributed by atoms with Crippen LogP contribution in [0.25, 0.3) is 21.5 Å². The molecule has 0 aliphatic heterocycles. The van der Waals surface area contributed by atoms with Gasteiger partial charge in [-0.25, -0.2) is 30.0 Å². The second-order valence-electron chi connectivity index (χ2n) is 11.6. The number of hydrogen-bond acceptors (Lipinski definition) is 18. The molecule has 0 bridgehead atoms. The molecule has 20 nitrogen and oxygen atoms in total. The normalized spacial score (nSPS) is 11.6. The number of azo groups is 2. The minimum absolute atomic E-state index is 0. The number of para-hydroxylation sites is 1. The van der Waals surface area contributed by atoms with Gasteiger partial charge in [0.2, 0.25) is 0 Å². The average Bonchev–Trinajstić information content (AvgIpc) is 3.13. The summed E-state index contributed by atoms with van der Waals surface area (Å²) < 4.78 is 112. The second kappa shape index (κ2) is 21.4. The molecule has 0 spiro atoms. The topological polar surface area (TPSA) is 338 Å². The van der Waals surface area contributed by atoms with E-state index in [9.17, 15) is 59.0 Å². The van der Waals surface area contributed by atoms with Gasteiger partial charge in [-0.3, -0.25) is 0 Å². The molecule has 6 aromatic carbocycles. The molecule has 0 saturated heterocycles. The Kier molecular flexibility index (Phi) is 18.9. The fourth-order valence-electron chi connectivity index (χ4n) is 5.36. The van der Waals surface area contributed by atoms with Crippen molar-refractivity contribution < 1.29 is 170 Å². The molecule has 3 N–H and O–H groups in total. The van der Waals surface area contributed by atoms with E-state index in [-0.39, 0.29) is 150 Å². The minimum atomic E-state index is -5.44. The number of phenolic OH excluding ortho intramolecular Hbond substituents is 1. The van der Waals surface area contributed by atoms with Crippen molar-refractivity contribution in [3.8, 4) is 23.0 Å². The van der Waals surface area contributed by atoms with Crippen molar-refractivity contribution in [1.82, 2.24) is 0 Å². The Morgan fingerprint density at radius 1 is 0.623 bits per heavy atom. The minimum Gasteiger partial charge on any atom is -0.871 e. The first-order valence-electron chi connectivity index (χ1n) is 15.6. The van der Waals surface area contributed by atoms with Crippen LogP contribution in [0.2, 0.25) is 0 Å². The van der Waals surface area contributed by atoms with E-state index in [0.29, 0.717) is 18.2 Å². The molecule has 0 unspecified atom stereocenters. The number of carbonyl (C=O) groups excluding carboxylic acids is 1. The zero-order chi connectivity index (χ0) is 41.4. The number of anilines is 2. The Balaban J connectivity index is 0.00000320. The number of rotatable bonds is 10. The number of fused-ring (bicyclic) bond motifs is 2. The predicted molar refractivity (Wildman–Crippen MR) is 193 cm³/mol. The van der Waals surface area contributed by atoms with Crippen LogP contribution in [0.5, 0.6) is 23.0 Å². The molecule has 6 rings (SSSR count). The maximum Gasteiger partial charge on any atom is 2.00 e. The van der Waals surface area contributed by atoms with Crippen LogP contribution in [0.3, 0.4) is 0 Å². The van der Waals surface area contributed by atoms with Crippen molar-refractivity contribution in [3.63, 3.8) is 0 Å². The summed E-state index contributed by atoms with van der Waals surface area (Å²) in [6, 6.07) is 16.4. The number of urea groups is 1. The van der Waals surface area contributed by atoms with Gasteiger partial charge in [0.1, 0.15) is 47.5 Å². The molecule has 303 valence electrons. The predicted octanol–water partition coefficient (Wildman–Crippen LogP) is -3.95. The number of nitrogens with one attached hydrogen (secondary N) is 2. The molecule has 0 heterocycles. The smallest absolute Gasteiger partial charge is 0.871 e. The maximum atomic E-state index is 13.3. The van der Waals surface area contributed by atoms with E-state index in [2.05, 4.69) is 31.1 Å². The molecule has 2 amide bonds. The first-order valence-corrected chi connectivity index (χ1v) is 19.8. The molecule has 0 aliphatic carbocycles. The Labute approximate surface area is 423 Å². The summed E-state index contributed by atoms with van der Waals surface area (Å²) in [5, 5.41) is 55.6. The average molecular weight is 966 g/mol. The first-order chi connectivity index (χ1) is 26.7. The van der Waals surface area contributed by atoms with Crippen LogP contribution in [0, 0.1) is 0 Å². The van der Waals surface area contributed by atoms with Gasteiger partial charge in [0, 0.05) is 16.8 Å². The molecule has 0 saturated carbocycles. The number of amides is 2. The third kappa shape index (κ3) is 12.5. The van der Waals surface area contributed by atoms with E-state index < -0.39 is 85.4 Å². The van der Waals surface area contributed by atoms with E-state index >= 15 is 0 Å². The van der Waals surface area contributed by atoms with Crippen molar-refractivity contribution in [2.45, 2.75) is 14.7 Å². The van der Waals surface area contributed by atoms with Gasteiger partial charge in [-0.1, -0.05) is 35.8 Å². The van der Waals surface area contributed by atoms with Crippen LogP contribution in [0.15, 0.2) is 126 Å². The van der Waals surface area contributed by atoms with Gasteiger partial charge in [-0.15, -0.1) is 15.3 Å². The molecule has 27 heteroatoms. The molecular weight excluding hydrogens is 945 g/mol. The number of ether oxygens (including phenoxy) is 1. The fourth-order valence-corrected chi connectivity index (χ4v) is 7.14. The Morgan fingerprint density at radius 2 is 1.13 bits per heavy atom. The first kappa shape index (κ1) is 53.9. The zero-order valence-corrected chi connectivity index (χ0v) is 41.1. The summed E-state index contributed by atoms with van der Waals surface area (Å²) in [6.07, 6.45) is 0. The van der Waals surface area contributed by atoms with Gasteiger partial charge < -0.3 is 44.3 Å². The molecule has 0 aromatic heterocycles. The van der Waals surface area contributed by atoms with E-state index in [1.807, 2.05) is 0 Å². The SMILES string of the molecule is COc1ccccc1N=Nc1c(S(=O)(=O)[O-])cc2cc(NC(=O)Nc3ccc4c([O-])c(N=Nc5cc(S(=O)(=O)[O-])ccc5[O-])c(S(=O)(=O)[O-])cc4c3)ccc2c1O.[Cu+2].[Na+].[Na+].[Na+]. The second-order valence-corrected chi connectivity index (χ2v) is 15.7. The van der Waals surface area contributed by atoms with Crippen molar-refractivity contribution in [2.24, 2.45) is 20.5 Å². The molecule has 0 fully saturated rings. The molecule has 0 atom stereocenters. The number of benzene rings is 6. The molecule has 6 aromatic rings. The third-order valence-electron chi connectivity index (χ3n) is 7.96. The number of aromatic hydroxyl groups is 1. The van der Waals surface area contributed by atoms with Gasteiger partial charge >= 0.3 is 112 Å². The fraction of sp³-hybridized carbons (Fsp3) is 0.0294. The summed E-state index contributed by atoms with van der Waals surface area (Å²) in [6.45, 7) is 0. The van der Waals surface area contributed by atoms with Crippen LogP contribution in [-0.4, -0.2) is 57.2 Å². The van der Waals surface area contributed by atoms with Gasteiger partial charge in [0.25, 0.3) is 0 Å². The summed E-state index contributed by atoms with van der Waals surface area (Å²) in [7, 11) is -14.3. The number of phenols is 1. The van der Waals surface area contributed by atoms with Gasteiger partial charge in [0.05, 0.1) is 33.2 Å². The molecule has 61 heavy (non-hydrogen) atoms. The number of nitrogens with zero attached hydrogens (tertiary/aromatic N) is 4. The van der Waals surface area contributed by atoms with Crippen molar-refractivity contribution in [2.75, 3.05) is 17.7 Å². The van der Waals surface area contributed by atoms with E-state index in [4.69, 9.17) is 4.74 Å². The summed E-state index contributed by atoms with van der Waals surface area (Å²) >= 11 is 0. The van der Waals surface area contributed by atoms with Crippen LogP contribution >= 0.6 is 0 Å². The number of hydrogen-bond donors (Lipinski definition) is 3.